The number of carboxylic acids is 1. The number of aryl methyl sites for hydroxylation is 1. The lowest BCUT2D eigenvalue weighted by molar-refractivity contribution is -0.139. The zero-order valence-electron chi connectivity index (χ0n) is 17.4. The summed E-state index contributed by atoms with van der Waals surface area (Å²) in [6.45, 7) is 2.06. The van der Waals surface area contributed by atoms with Crippen molar-refractivity contribution >= 4 is 29.6 Å². The summed E-state index contributed by atoms with van der Waals surface area (Å²) in [5, 5.41) is 9.87. The van der Waals surface area contributed by atoms with E-state index in [2.05, 4.69) is 43.1 Å². The van der Waals surface area contributed by atoms with E-state index >= 15 is 0 Å². The van der Waals surface area contributed by atoms with Gasteiger partial charge in [-0.3, -0.25) is 9.45 Å². The van der Waals surface area contributed by atoms with Gasteiger partial charge < -0.3 is 10.8 Å². The minimum Gasteiger partial charge on any atom is -0.480 e. The second-order valence-electron chi connectivity index (χ2n) is 7.48. The first-order chi connectivity index (χ1) is 15.0. The lowest BCUT2D eigenvalue weighted by Gasteiger charge is -2.37. The largest absolute Gasteiger partial charge is 0.480 e. The van der Waals surface area contributed by atoms with Crippen LogP contribution >= 0.6 is 23.6 Å². The fraction of sp³-hybridized carbons (Fsp3) is 0.240. The highest BCUT2D eigenvalue weighted by Gasteiger charge is 2.41. The Balaban J connectivity index is 0.00000166. The summed E-state index contributed by atoms with van der Waals surface area (Å²) in [5.41, 5.74) is 10.9. The molecule has 0 aliphatic carbocycles. The van der Waals surface area contributed by atoms with Crippen LogP contribution < -0.4 is 5.73 Å². The molecule has 4 nitrogen and oxygen atoms in total. The molecular formula is C25H28ClNO3S. The van der Waals surface area contributed by atoms with E-state index in [1.54, 1.807) is 11.8 Å². The molecule has 0 bridgehead atoms. The third-order valence-electron chi connectivity index (χ3n) is 5.17. The second kappa shape index (κ2) is 12.5. The van der Waals surface area contributed by atoms with Gasteiger partial charge in [-0.15, -0.1) is 11.8 Å². The molecule has 3 aromatic carbocycles. The maximum absolute atomic E-state index is 12.0. The van der Waals surface area contributed by atoms with Crippen LogP contribution in [0, 0.1) is 6.92 Å². The molecule has 0 saturated carbocycles. The van der Waals surface area contributed by atoms with Gasteiger partial charge in [-0.05, 0) is 36.5 Å². The summed E-state index contributed by atoms with van der Waals surface area (Å²) in [7, 11) is 0. The van der Waals surface area contributed by atoms with Gasteiger partial charge in [0.2, 0.25) is 0 Å². The normalized spacial score (nSPS) is 11.9. The Morgan fingerprint density at radius 1 is 0.871 bits per heavy atom. The minimum atomic E-state index is -0.988. The lowest BCUT2D eigenvalue weighted by Crippen LogP contribution is -2.53. The highest BCUT2D eigenvalue weighted by Crippen LogP contribution is 2.38. The van der Waals surface area contributed by atoms with Crippen LogP contribution in [0.3, 0.4) is 0 Å². The average molecular weight is 458 g/mol. The predicted molar refractivity (Wildman–Crippen MR) is 129 cm³/mol. The van der Waals surface area contributed by atoms with Crippen molar-refractivity contribution in [2.24, 2.45) is 5.73 Å². The van der Waals surface area contributed by atoms with E-state index in [1.165, 1.54) is 11.1 Å². The highest BCUT2D eigenvalue weighted by atomic mass is 35.5. The first kappa shape index (κ1) is 25.0. The average Bonchev–Trinajstić information content (AvgIpc) is 2.80. The van der Waals surface area contributed by atoms with Gasteiger partial charge in [0.1, 0.15) is 6.04 Å². The van der Waals surface area contributed by atoms with Gasteiger partial charge in [-0.2, -0.15) is 0 Å². The van der Waals surface area contributed by atoms with Gasteiger partial charge in [0.05, 0.1) is 16.6 Å². The molecule has 4 N–H and O–H groups in total. The Kier molecular flexibility index (Phi) is 10.1. The van der Waals surface area contributed by atoms with E-state index in [4.69, 9.17) is 10.4 Å². The van der Waals surface area contributed by atoms with E-state index in [0.717, 1.165) is 11.1 Å². The Morgan fingerprint density at radius 3 is 1.74 bits per heavy atom. The SMILES string of the molecule is Cc1ccc(CSC(Cc2ccccc2)(Cc2ccccc2)C(N)C(=O)O)cc1.OCl. The molecule has 31 heavy (non-hydrogen) atoms. The van der Waals surface area contributed by atoms with Gasteiger partial charge in [0, 0.05) is 5.75 Å². The zero-order valence-corrected chi connectivity index (χ0v) is 19.0. The molecule has 3 aromatic rings. The van der Waals surface area contributed by atoms with Crippen LogP contribution in [0.5, 0.6) is 0 Å². The van der Waals surface area contributed by atoms with Crippen LogP contribution in [0.1, 0.15) is 22.3 Å². The van der Waals surface area contributed by atoms with Crippen molar-refractivity contribution in [2.75, 3.05) is 0 Å². The number of benzene rings is 3. The molecular weight excluding hydrogens is 430 g/mol. The first-order valence-electron chi connectivity index (χ1n) is 9.91. The fourth-order valence-corrected chi connectivity index (χ4v) is 4.96. The molecule has 1 unspecified atom stereocenters. The topological polar surface area (TPSA) is 83.6 Å². The third-order valence-corrected chi connectivity index (χ3v) is 6.77. The molecule has 0 aromatic heterocycles. The molecule has 0 fully saturated rings. The Hall–Kier alpha value is -2.31. The Morgan fingerprint density at radius 2 is 1.32 bits per heavy atom. The molecule has 0 heterocycles. The van der Waals surface area contributed by atoms with E-state index in [-0.39, 0.29) is 0 Å². The molecule has 3 rings (SSSR count). The number of hydrogen-bond donors (Lipinski definition) is 3. The van der Waals surface area contributed by atoms with Crippen molar-refractivity contribution in [3.63, 3.8) is 0 Å². The number of carboxylic acid groups (broad SMARTS) is 1. The third kappa shape index (κ3) is 7.40. The molecule has 1 atom stereocenters. The monoisotopic (exact) mass is 457 g/mol. The fourth-order valence-electron chi connectivity index (χ4n) is 3.49. The second-order valence-corrected chi connectivity index (χ2v) is 8.87. The summed E-state index contributed by atoms with van der Waals surface area (Å²) in [4.78, 5) is 12.0. The summed E-state index contributed by atoms with van der Waals surface area (Å²) >= 11 is 5.29. The summed E-state index contributed by atoms with van der Waals surface area (Å²) in [6, 6.07) is 27.4. The van der Waals surface area contributed by atoms with Crippen LogP contribution in [0.2, 0.25) is 0 Å². The van der Waals surface area contributed by atoms with Crippen molar-refractivity contribution in [3.8, 4) is 0 Å². The molecule has 0 spiro atoms. The molecule has 0 aliphatic rings. The van der Waals surface area contributed by atoms with Crippen LogP contribution in [0.4, 0.5) is 0 Å². The molecule has 0 amide bonds. The standard InChI is InChI=1S/C25H27NO2S.ClHO/c1-19-12-14-22(15-13-19)18-29-25(23(26)24(27)28,16-20-8-4-2-5-9-20)17-21-10-6-3-7-11-21;1-2/h2-15,23H,16-18,26H2,1H3,(H,27,28);2H. The van der Waals surface area contributed by atoms with Gasteiger partial charge in [0.15, 0.2) is 0 Å². The number of halogens is 1. The maximum Gasteiger partial charge on any atom is 0.321 e. The molecule has 6 heteroatoms. The molecule has 0 radical (unpaired) electrons. The van der Waals surface area contributed by atoms with Gasteiger partial charge in [0.25, 0.3) is 0 Å². The van der Waals surface area contributed by atoms with E-state index in [1.807, 2.05) is 60.7 Å². The van der Waals surface area contributed by atoms with E-state index in [0.29, 0.717) is 18.6 Å². The molecule has 164 valence electrons. The number of aliphatic carboxylic acids is 1. The number of carbonyl (C=O) groups is 1. The van der Waals surface area contributed by atoms with Crippen molar-refractivity contribution < 1.29 is 14.6 Å². The van der Waals surface area contributed by atoms with Crippen molar-refractivity contribution in [1.29, 1.82) is 0 Å². The highest BCUT2D eigenvalue weighted by molar-refractivity contribution is 8.00. The summed E-state index contributed by atoms with van der Waals surface area (Å²) in [5.74, 6) is -0.255. The van der Waals surface area contributed by atoms with Gasteiger partial charge in [-0.25, -0.2) is 0 Å². The van der Waals surface area contributed by atoms with Crippen LogP contribution in [0.15, 0.2) is 84.9 Å². The Bertz CT molecular complexity index is 879. The minimum absolute atomic E-state index is 0.590. The maximum atomic E-state index is 12.0. The number of rotatable bonds is 9. The number of nitrogens with two attached hydrogens (primary N) is 1. The summed E-state index contributed by atoms with van der Waals surface area (Å²) < 4.78 is 5.80. The quantitative estimate of drug-likeness (QED) is 0.421. The first-order valence-corrected chi connectivity index (χ1v) is 11.2. The predicted octanol–water partition coefficient (Wildman–Crippen LogP) is 5.00. The smallest absolute Gasteiger partial charge is 0.321 e. The Labute approximate surface area is 193 Å². The number of hydrogen-bond acceptors (Lipinski definition) is 4. The van der Waals surface area contributed by atoms with E-state index < -0.39 is 16.8 Å². The van der Waals surface area contributed by atoms with Crippen molar-refractivity contribution in [3.05, 3.63) is 107 Å². The van der Waals surface area contributed by atoms with Crippen LogP contribution in [-0.4, -0.2) is 26.5 Å². The van der Waals surface area contributed by atoms with Crippen molar-refractivity contribution in [1.82, 2.24) is 0 Å². The molecule has 0 aliphatic heterocycles. The zero-order chi connectivity index (χ0) is 22.7. The van der Waals surface area contributed by atoms with E-state index in [9.17, 15) is 9.90 Å². The summed E-state index contributed by atoms with van der Waals surface area (Å²) in [6.07, 6.45) is 1.18. The number of thioether (sulfide) groups is 1. The van der Waals surface area contributed by atoms with Crippen LogP contribution in [0.25, 0.3) is 0 Å². The van der Waals surface area contributed by atoms with Crippen molar-refractivity contribution in [2.45, 2.75) is 36.3 Å². The van der Waals surface area contributed by atoms with Gasteiger partial charge in [-0.1, -0.05) is 90.5 Å². The van der Waals surface area contributed by atoms with Crippen LogP contribution in [-0.2, 0) is 23.4 Å². The lowest BCUT2D eigenvalue weighted by atomic mass is 9.85. The molecule has 0 saturated heterocycles. The van der Waals surface area contributed by atoms with Gasteiger partial charge >= 0.3 is 5.97 Å².